The monoisotopic (exact) mass is 493 g/mol. The van der Waals surface area contributed by atoms with Gasteiger partial charge in [0.1, 0.15) is 17.5 Å². The number of hydrogen-bond donors (Lipinski definition) is 1. The molecule has 0 amide bonds. The van der Waals surface area contributed by atoms with Gasteiger partial charge in [-0.05, 0) is 6.07 Å². The molecule has 0 aliphatic carbocycles. The number of aliphatic hydroxyl groups is 1. The summed E-state index contributed by atoms with van der Waals surface area (Å²) in [6, 6.07) is 7.30. The van der Waals surface area contributed by atoms with E-state index in [1.807, 2.05) is 17.1 Å². The Morgan fingerprint density at radius 1 is 1.33 bits per heavy atom. The fourth-order valence-electron chi connectivity index (χ4n) is 4.77. The van der Waals surface area contributed by atoms with Gasteiger partial charge in [-0.25, -0.2) is 4.98 Å². The van der Waals surface area contributed by atoms with Crippen LogP contribution in [0.2, 0.25) is 0 Å². The number of morpholine rings is 1. The number of ether oxygens (including phenoxy) is 2. The van der Waals surface area contributed by atoms with Crippen LogP contribution in [-0.2, 0) is 27.4 Å². The van der Waals surface area contributed by atoms with E-state index in [9.17, 15) is 24.8 Å². The van der Waals surface area contributed by atoms with Crippen molar-refractivity contribution in [3.8, 4) is 11.4 Å². The third-order valence-corrected chi connectivity index (χ3v) is 6.39. The van der Waals surface area contributed by atoms with E-state index >= 15 is 0 Å². The van der Waals surface area contributed by atoms with Crippen LogP contribution in [-0.4, -0.2) is 70.5 Å². The molecular weight excluding hydrogens is 470 g/mol. The second kappa shape index (κ2) is 9.57. The van der Waals surface area contributed by atoms with Gasteiger partial charge in [0.25, 0.3) is 5.56 Å². The van der Waals surface area contributed by atoms with E-state index < -0.39 is 22.3 Å². The molecule has 5 rings (SSSR count). The van der Waals surface area contributed by atoms with Crippen molar-refractivity contribution in [3.63, 3.8) is 0 Å². The van der Waals surface area contributed by atoms with E-state index in [1.165, 1.54) is 11.7 Å². The topological polar surface area (TPSA) is 149 Å². The summed E-state index contributed by atoms with van der Waals surface area (Å²) >= 11 is 0. The number of carbonyl (C=O) groups is 1. The molecule has 0 bridgehead atoms. The summed E-state index contributed by atoms with van der Waals surface area (Å²) in [4.78, 5) is 41.3. The Kier molecular flexibility index (Phi) is 6.31. The average Bonchev–Trinajstić information content (AvgIpc) is 3.27. The zero-order valence-electron chi connectivity index (χ0n) is 19.4. The van der Waals surface area contributed by atoms with Gasteiger partial charge < -0.3 is 19.4 Å². The lowest BCUT2D eigenvalue weighted by Gasteiger charge is -2.23. The first-order valence-electron chi connectivity index (χ1n) is 11.3. The largest absolute Gasteiger partial charge is 0.381 e. The highest BCUT2D eigenvalue weighted by atomic mass is 16.6. The predicted molar refractivity (Wildman–Crippen MR) is 129 cm³/mol. The molecule has 1 N–H and O–H groups in total. The summed E-state index contributed by atoms with van der Waals surface area (Å²) in [5, 5.41) is 30.0. The Morgan fingerprint density at radius 3 is 2.78 bits per heavy atom. The van der Waals surface area contributed by atoms with Crippen molar-refractivity contribution in [3.05, 3.63) is 67.0 Å². The first kappa shape index (κ1) is 23.7. The van der Waals surface area contributed by atoms with Gasteiger partial charge in [0.05, 0.1) is 67.2 Å². The van der Waals surface area contributed by atoms with E-state index in [0.717, 1.165) is 5.39 Å². The Bertz CT molecular complexity index is 1460. The third-order valence-electron chi connectivity index (χ3n) is 6.39. The normalized spacial score (nSPS) is 15.8. The highest BCUT2D eigenvalue weighted by Gasteiger charge is 2.39. The second-order valence-electron chi connectivity index (χ2n) is 8.43. The SMILES string of the molecule is COCc1c(C(O)C=O)c([N+](=O)[O-])c2n(c1=O)Cc1c-2nc2ccccc2c1/C=N/N1CCOCC1. The van der Waals surface area contributed by atoms with Crippen molar-refractivity contribution >= 4 is 29.1 Å². The fourth-order valence-corrected chi connectivity index (χ4v) is 4.77. The molecule has 1 saturated heterocycles. The summed E-state index contributed by atoms with van der Waals surface area (Å²) in [7, 11) is 1.32. The number of methoxy groups -OCH3 is 1. The molecule has 4 heterocycles. The molecule has 2 aliphatic rings. The summed E-state index contributed by atoms with van der Waals surface area (Å²) in [6.45, 7) is 2.08. The number of hydrogen-bond acceptors (Lipinski definition) is 10. The number of aldehydes is 1. The summed E-state index contributed by atoms with van der Waals surface area (Å²) in [5.74, 6) is 0. The Balaban J connectivity index is 1.81. The van der Waals surface area contributed by atoms with E-state index in [0.29, 0.717) is 42.9 Å². The van der Waals surface area contributed by atoms with E-state index in [4.69, 9.17) is 9.47 Å². The minimum atomic E-state index is -1.87. The van der Waals surface area contributed by atoms with Gasteiger partial charge >= 0.3 is 5.69 Å². The molecule has 1 fully saturated rings. The third kappa shape index (κ3) is 3.85. The maximum absolute atomic E-state index is 13.5. The van der Waals surface area contributed by atoms with Gasteiger partial charge in [0, 0.05) is 23.6 Å². The minimum Gasteiger partial charge on any atom is -0.381 e. The van der Waals surface area contributed by atoms with Crippen molar-refractivity contribution in [2.24, 2.45) is 5.10 Å². The summed E-state index contributed by atoms with van der Waals surface area (Å²) < 4.78 is 11.7. The van der Waals surface area contributed by atoms with Crippen molar-refractivity contribution in [2.45, 2.75) is 19.3 Å². The summed E-state index contributed by atoms with van der Waals surface area (Å²) in [6.07, 6.45) is -0.0306. The van der Waals surface area contributed by atoms with Crippen molar-refractivity contribution < 1.29 is 24.3 Å². The number of fused-ring (bicyclic) bond motifs is 4. The van der Waals surface area contributed by atoms with E-state index in [-0.39, 0.29) is 42.0 Å². The minimum absolute atomic E-state index is 0.0147. The first-order valence-corrected chi connectivity index (χ1v) is 11.3. The lowest BCUT2D eigenvalue weighted by atomic mass is 9.98. The zero-order valence-corrected chi connectivity index (χ0v) is 19.4. The highest BCUT2D eigenvalue weighted by Crippen LogP contribution is 2.43. The number of hydrazone groups is 1. The Hall–Kier alpha value is -4.00. The van der Waals surface area contributed by atoms with E-state index in [2.05, 4.69) is 10.1 Å². The molecule has 12 nitrogen and oxygen atoms in total. The zero-order chi connectivity index (χ0) is 25.4. The van der Waals surface area contributed by atoms with Crippen LogP contribution in [0.4, 0.5) is 5.69 Å². The Morgan fingerprint density at radius 2 is 2.08 bits per heavy atom. The van der Waals surface area contributed by atoms with Gasteiger partial charge in [-0.1, -0.05) is 18.2 Å². The number of carbonyl (C=O) groups excluding carboxylic acids is 1. The number of benzene rings is 1. The molecule has 1 aromatic carbocycles. The number of aromatic nitrogens is 2. The molecular formula is C24H23N5O7. The van der Waals surface area contributed by atoms with Crippen molar-refractivity contribution in [1.82, 2.24) is 14.6 Å². The van der Waals surface area contributed by atoms with Gasteiger partial charge in [-0.3, -0.25) is 24.5 Å². The lowest BCUT2D eigenvalue weighted by molar-refractivity contribution is -0.385. The molecule has 0 radical (unpaired) electrons. The van der Waals surface area contributed by atoms with Crippen LogP contribution in [0.25, 0.3) is 22.3 Å². The number of para-hydroxylation sites is 1. The molecule has 3 aromatic rings. The number of pyridine rings is 2. The molecule has 186 valence electrons. The van der Waals surface area contributed by atoms with E-state index in [1.54, 1.807) is 18.3 Å². The second-order valence-corrected chi connectivity index (χ2v) is 8.43. The van der Waals surface area contributed by atoms with Crippen LogP contribution >= 0.6 is 0 Å². The number of nitrogens with zero attached hydrogens (tertiary/aromatic N) is 5. The maximum Gasteiger partial charge on any atom is 0.302 e. The fraction of sp³-hybridized carbons (Fsp3) is 0.333. The van der Waals surface area contributed by atoms with Crippen LogP contribution in [0.1, 0.15) is 28.4 Å². The van der Waals surface area contributed by atoms with Gasteiger partial charge in [-0.15, -0.1) is 0 Å². The molecule has 36 heavy (non-hydrogen) atoms. The molecule has 2 aromatic heterocycles. The van der Waals surface area contributed by atoms with Crippen molar-refractivity contribution in [2.75, 3.05) is 33.4 Å². The smallest absolute Gasteiger partial charge is 0.302 e. The molecule has 1 atom stereocenters. The molecule has 1 unspecified atom stereocenters. The van der Waals surface area contributed by atoms with Crippen LogP contribution in [0, 0.1) is 10.1 Å². The number of nitro groups is 1. The summed E-state index contributed by atoms with van der Waals surface area (Å²) in [5.41, 5.74) is 0.371. The predicted octanol–water partition coefficient (Wildman–Crippen LogP) is 1.38. The lowest BCUT2D eigenvalue weighted by Crippen LogP contribution is -2.32. The number of rotatable bonds is 7. The van der Waals surface area contributed by atoms with Gasteiger partial charge in [0.2, 0.25) is 0 Å². The van der Waals surface area contributed by atoms with Crippen LogP contribution in [0.15, 0.2) is 34.2 Å². The average molecular weight is 493 g/mol. The quantitative estimate of drug-likeness (QED) is 0.174. The first-order chi connectivity index (χ1) is 17.5. The van der Waals surface area contributed by atoms with Crippen LogP contribution in [0.5, 0.6) is 0 Å². The number of aliphatic hydroxyl groups excluding tert-OH is 1. The molecule has 0 saturated carbocycles. The Labute approximate surface area is 204 Å². The molecule has 0 spiro atoms. The standard InChI is InChI=1S/C24H23N5O7/c1-35-13-17-20(19(31)12-30)22(29(33)34)23-21-16(11-28(23)24(17)32)15(10-25-27-6-8-36-9-7-27)14-4-2-3-5-18(14)26-21/h2-5,10,12,19,31H,6-9,11,13H2,1H3/b25-10+. The van der Waals surface area contributed by atoms with Gasteiger partial charge in [-0.2, -0.15) is 5.10 Å². The van der Waals surface area contributed by atoms with Gasteiger partial charge in [0.15, 0.2) is 6.29 Å². The molecule has 12 heteroatoms. The van der Waals surface area contributed by atoms with Crippen LogP contribution in [0.3, 0.4) is 0 Å². The highest BCUT2D eigenvalue weighted by molar-refractivity contribution is 6.03. The van der Waals surface area contributed by atoms with Crippen LogP contribution < -0.4 is 5.56 Å². The van der Waals surface area contributed by atoms with Crippen molar-refractivity contribution in [1.29, 1.82) is 0 Å². The molecule has 2 aliphatic heterocycles. The maximum atomic E-state index is 13.5.